The SMILES string of the molecule is CCCOCCC(CO)NCC. The molecule has 0 fully saturated rings. The van der Waals surface area contributed by atoms with Gasteiger partial charge in [-0.25, -0.2) is 0 Å². The van der Waals surface area contributed by atoms with Crippen molar-refractivity contribution in [1.29, 1.82) is 0 Å². The minimum absolute atomic E-state index is 0.198. The molecule has 0 aliphatic rings. The first-order chi connectivity index (χ1) is 5.85. The summed E-state index contributed by atoms with van der Waals surface area (Å²) in [5, 5.41) is 12.1. The molecule has 1 unspecified atom stereocenters. The van der Waals surface area contributed by atoms with E-state index >= 15 is 0 Å². The van der Waals surface area contributed by atoms with Gasteiger partial charge in [-0.1, -0.05) is 13.8 Å². The Bertz CT molecular complexity index is 88.6. The minimum atomic E-state index is 0.198. The van der Waals surface area contributed by atoms with E-state index in [1.54, 1.807) is 0 Å². The quantitative estimate of drug-likeness (QED) is 0.535. The maximum atomic E-state index is 8.90. The summed E-state index contributed by atoms with van der Waals surface area (Å²) in [4.78, 5) is 0. The first kappa shape index (κ1) is 11.9. The monoisotopic (exact) mass is 175 g/mol. The van der Waals surface area contributed by atoms with E-state index in [0.29, 0.717) is 0 Å². The molecule has 0 saturated carbocycles. The molecule has 0 saturated heterocycles. The van der Waals surface area contributed by atoms with Crippen molar-refractivity contribution in [2.24, 2.45) is 0 Å². The maximum absolute atomic E-state index is 8.90. The molecule has 3 nitrogen and oxygen atoms in total. The van der Waals surface area contributed by atoms with Crippen molar-refractivity contribution in [2.75, 3.05) is 26.4 Å². The number of likely N-dealkylation sites (N-methyl/N-ethyl adjacent to an activating group) is 1. The van der Waals surface area contributed by atoms with Crippen molar-refractivity contribution in [2.45, 2.75) is 32.7 Å². The molecule has 3 heteroatoms. The van der Waals surface area contributed by atoms with Crippen LogP contribution < -0.4 is 5.32 Å². The van der Waals surface area contributed by atoms with E-state index in [-0.39, 0.29) is 12.6 Å². The summed E-state index contributed by atoms with van der Waals surface area (Å²) >= 11 is 0. The van der Waals surface area contributed by atoms with E-state index in [0.717, 1.165) is 32.6 Å². The number of ether oxygens (including phenoxy) is 1. The summed E-state index contributed by atoms with van der Waals surface area (Å²) in [7, 11) is 0. The molecule has 0 aromatic carbocycles. The van der Waals surface area contributed by atoms with Gasteiger partial charge in [0.05, 0.1) is 6.61 Å². The lowest BCUT2D eigenvalue weighted by atomic mass is 10.2. The lowest BCUT2D eigenvalue weighted by molar-refractivity contribution is 0.114. The highest BCUT2D eigenvalue weighted by molar-refractivity contribution is 4.63. The number of hydrogen-bond donors (Lipinski definition) is 2. The summed E-state index contributed by atoms with van der Waals surface area (Å²) in [5.74, 6) is 0. The summed E-state index contributed by atoms with van der Waals surface area (Å²) in [6.45, 7) is 6.79. The van der Waals surface area contributed by atoms with Crippen LogP contribution in [0.15, 0.2) is 0 Å². The van der Waals surface area contributed by atoms with E-state index in [2.05, 4.69) is 12.2 Å². The van der Waals surface area contributed by atoms with Crippen LogP contribution in [0.4, 0.5) is 0 Å². The van der Waals surface area contributed by atoms with Crippen molar-refractivity contribution in [3.63, 3.8) is 0 Å². The van der Waals surface area contributed by atoms with Crippen LogP contribution in [-0.2, 0) is 4.74 Å². The fourth-order valence-corrected chi connectivity index (χ4v) is 1.02. The van der Waals surface area contributed by atoms with Gasteiger partial charge in [0.25, 0.3) is 0 Å². The van der Waals surface area contributed by atoms with Gasteiger partial charge in [0.1, 0.15) is 0 Å². The van der Waals surface area contributed by atoms with Crippen LogP contribution >= 0.6 is 0 Å². The number of aliphatic hydroxyl groups is 1. The third-order valence-electron chi connectivity index (χ3n) is 1.67. The topological polar surface area (TPSA) is 41.5 Å². The van der Waals surface area contributed by atoms with Gasteiger partial charge < -0.3 is 15.2 Å². The van der Waals surface area contributed by atoms with E-state index in [1.165, 1.54) is 0 Å². The predicted octanol–water partition coefficient (Wildman–Crippen LogP) is 0.773. The Morgan fingerprint density at radius 2 is 2.08 bits per heavy atom. The zero-order valence-corrected chi connectivity index (χ0v) is 8.18. The van der Waals surface area contributed by atoms with Gasteiger partial charge in [0.2, 0.25) is 0 Å². The van der Waals surface area contributed by atoms with Crippen molar-refractivity contribution in [3.05, 3.63) is 0 Å². The molecule has 0 bridgehead atoms. The van der Waals surface area contributed by atoms with Crippen LogP contribution in [0, 0.1) is 0 Å². The van der Waals surface area contributed by atoms with Crippen LogP contribution in [0.25, 0.3) is 0 Å². The van der Waals surface area contributed by atoms with Crippen LogP contribution in [0.1, 0.15) is 26.7 Å². The van der Waals surface area contributed by atoms with Crippen LogP contribution in [-0.4, -0.2) is 37.5 Å². The number of nitrogens with one attached hydrogen (secondary N) is 1. The molecule has 0 aliphatic carbocycles. The zero-order valence-electron chi connectivity index (χ0n) is 8.18. The number of aliphatic hydroxyl groups excluding tert-OH is 1. The molecule has 0 heterocycles. The van der Waals surface area contributed by atoms with E-state index < -0.39 is 0 Å². The molecule has 1 atom stereocenters. The Morgan fingerprint density at radius 1 is 1.33 bits per heavy atom. The zero-order chi connectivity index (χ0) is 9.23. The van der Waals surface area contributed by atoms with Gasteiger partial charge in [0.15, 0.2) is 0 Å². The highest BCUT2D eigenvalue weighted by Gasteiger charge is 2.03. The Morgan fingerprint density at radius 3 is 2.58 bits per heavy atom. The highest BCUT2D eigenvalue weighted by atomic mass is 16.5. The molecule has 0 aliphatic heterocycles. The molecule has 0 aromatic rings. The van der Waals surface area contributed by atoms with Gasteiger partial charge in [-0.15, -0.1) is 0 Å². The van der Waals surface area contributed by atoms with Crippen LogP contribution in [0.3, 0.4) is 0 Å². The Hall–Kier alpha value is -0.120. The summed E-state index contributed by atoms with van der Waals surface area (Å²) in [6, 6.07) is 0.201. The third kappa shape index (κ3) is 6.58. The maximum Gasteiger partial charge on any atom is 0.0585 e. The van der Waals surface area contributed by atoms with Gasteiger partial charge in [-0.2, -0.15) is 0 Å². The third-order valence-corrected chi connectivity index (χ3v) is 1.67. The van der Waals surface area contributed by atoms with E-state index in [1.807, 2.05) is 6.92 Å². The Labute approximate surface area is 75.1 Å². The van der Waals surface area contributed by atoms with E-state index in [4.69, 9.17) is 9.84 Å². The standard InChI is InChI=1S/C9H21NO2/c1-3-6-12-7-5-9(8-11)10-4-2/h9-11H,3-8H2,1-2H3. The van der Waals surface area contributed by atoms with Crippen molar-refractivity contribution in [1.82, 2.24) is 5.32 Å². The van der Waals surface area contributed by atoms with Gasteiger partial charge in [-0.05, 0) is 19.4 Å². The summed E-state index contributed by atoms with van der Waals surface area (Å²) in [5.41, 5.74) is 0. The first-order valence-corrected chi connectivity index (χ1v) is 4.77. The molecule has 0 aromatic heterocycles. The minimum Gasteiger partial charge on any atom is -0.395 e. The van der Waals surface area contributed by atoms with Crippen LogP contribution in [0.2, 0.25) is 0 Å². The van der Waals surface area contributed by atoms with Gasteiger partial charge in [-0.3, -0.25) is 0 Å². The molecule has 0 amide bonds. The molecular formula is C9H21NO2. The molecule has 74 valence electrons. The first-order valence-electron chi connectivity index (χ1n) is 4.77. The van der Waals surface area contributed by atoms with Crippen molar-refractivity contribution < 1.29 is 9.84 Å². The smallest absolute Gasteiger partial charge is 0.0585 e. The molecular weight excluding hydrogens is 154 g/mol. The molecule has 12 heavy (non-hydrogen) atoms. The van der Waals surface area contributed by atoms with Crippen molar-refractivity contribution >= 4 is 0 Å². The fraction of sp³-hybridized carbons (Fsp3) is 1.00. The average Bonchev–Trinajstić information content (AvgIpc) is 2.10. The van der Waals surface area contributed by atoms with E-state index in [9.17, 15) is 0 Å². The lowest BCUT2D eigenvalue weighted by Gasteiger charge is -2.14. The Kier molecular flexibility index (Phi) is 8.88. The largest absolute Gasteiger partial charge is 0.395 e. The molecule has 2 N–H and O–H groups in total. The average molecular weight is 175 g/mol. The van der Waals surface area contributed by atoms with Gasteiger partial charge >= 0.3 is 0 Å². The number of rotatable bonds is 8. The normalized spacial score (nSPS) is 13.2. The second-order valence-electron chi connectivity index (χ2n) is 2.84. The van der Waals surface area contributed by atoms with Crippen LogP contribution in [0.5, 0.6) is 0 Å². The van der Waals surface area contributed by atoms with Gasteiger partial charge in [0, 0.05) is 19.3 Å². The second-order valence-corrected chi connectivity index (χ2v) is 2.84. The summed E-state index contributed by atoms with van der Waals surface area (Å²) in [6.07, 6.45) is 1.95. The second kappa shape index (κ2) is 8.97. The molecule has 0 spiro atoms. The highest BCUT2D eigenvalue weighted by Crippen LogP contribution is 1.92. The molecule has 0 rings (SSSR count). The lowest BCUT2D eigenvalue weighted by Crippen LogP contribution is -2.33. The van der Waals surface area contributed by atoms with Crippen molar-refractivity contribution in [3.8, 4) is 0 Å². The Balaban J connectivity index is 3.19. The number of hydrogen-bond acceptors (Lipinski definition) is 3. The molecule has 0 radical (unpaired) electrons. The summed E-state index contributed by atoms with van der Waals surface area (Å²) < 4.78 is 5.31. The predicted molar refractivity (Wildman–Crippen MR) is 50.3 cm³/mol. The fourth-order valence-electron chi connectivity index (χ4n) is 1.02.